The summed E-state index contributed by atoms with van der Waals surface area (Å²) in [5.74, 6) is 0.365. The van der Waals surface area contributed by atoms with Gasteiger partial charge in [0.25, 0.3) is 0 Å². The van der Waals surface area contributed by atoms with Crippen LogP contribution in [0.1, 0.15) is 80.1 Å². The fourth-order valence-corrected chi connectivity index (χ4v) is 4.45. The molecule has 1 N–H and O–H groups in total. The number of rotatable bonds is 7. The number of ether oxygens (including phenoxy) is 1. The highest BCUT2D eigenvalue weighted by Crippen LogP contribution is 2.29. The summed E-state index contributed by atoms with van der Waals surface area (Å²) in [4.78, 5) is 33.5. The van der Waals surface area contributed by atoms with Gasteiger partial charge in [-0.25, -0.2) is 4.79 Å². The molecule has 166 valence electrons. The number of amides is 1. The Morgan fingerprint density at radius 2 is 1.67 bits per heavy atom. The van der Waals surface area contributed by atoms with Gasteiger partial charge in [0.05, 0.1) is 18.1 Å². The van der Waals surface area contributed by atoms with E-state index in [1.54, 1.807) is 12.1 Å². The Morgan fingerprint density at radius 3 is 2.23 bits per heavy atom. The zero-order valence-corrected chi connectivity index (χ0v) is 18.1. The summed E-state index contributed by atoms with van der Waals surface area (Å²) >= 11 is 0. The maximum atomic E-state index is 12.6. The van der Waals surface area contributed by atoms with Crippen molar-refractivity contribution in [1.29, 1.82) is 0 Å². The molecule has 1 aromatic carbocycles. The summed E-state index contributed by atoms with van der Waals surface area (Å²) in [6, 6.07) is 7.15. The van der Waals surface area contributed by atoms with Crippen molar-refractivity contribution in [1.82, 2.24) is 4.90 Å². The minimum atomic E-state index is -0.896. The standard InChI is InChI=1S/C23H33NO4.CH2O/c1-17(28-16-18-5-3-2-4-6-18)15-22(25)24-13-11-20(12-14-24)19-7-9-21(10-8-19)23(26)27;1-2/h7-10,17-18,20H,2-6,11-16H2,1H3,(H,26,27);1H2/t17-;/m1./s1. The Morgan fingerprint density at radius 1 is 1.07 bits per heavy atom. The van der Waals surface area contributed by atoms with Crippen molar-refractivity contribution in [2.24, 2.45) is 5.92 Å². The first-order valence-electron chi connectivity index (χ1n) is 11.0. The summed E-state index contributed by atoms with van der Waals surface area (Å²) in [6.45, 7) is 6.33. The van der Waals surface area contributed by atoms with Crippen LogP contribution in [0.15, 0.2) is 24.3 Å². The van der Waals surface area contributed by atoms with Crippen LogP contribution >= 0.6 is 0 Å². The topological polar surface area (TPSA) is 83.9 Å². The first kappa shape index (κ1) is 24.1. The third-order valence-electron chi connectivity index (χ3n) is 6.28. The molecule has 3 rings (SSSR count). The van der Waals surface area contributed by atoms with Gasteiger partial charge in [0.1, 0.15) is 6.79 Å². The Hall–Kier alpha value is -2.21. The molecule has 6 nitrogen and oxygen atoms in total. The number of carboxylic acids is 1. The van der Waals surface area contributed by atoms with Crippen LogP contribution in [0.3, 0.4) is 0 Å². The molecule has 0 radical (unpaired) electrons. The molecular weight excluding hydrogens is 382 g/mol. The van der Waals surface area contributed by atoms with Gasteiger partial charge in [-0.3, -0.25) is 4.79 Å². The first-order valence-corrected chi connectivity index (χ1v) is 11.0. The average molecular weight is 418 g/mol. The molecule has 0 bridgehead atoms. The molecule has 1 amide bonds. The van der Waals surface area contributed by atoms with Crippen LogP contribution < -0.4 is 0 Å². The number of benzene rings is 1. The SMILES string of the molecule is C=O.C[C@H](CC(=O)N1CCC(c2ccc(C(=O)O)cc2)CC1)OCC1CCCCC1. The molecular formula is C24H35NO5. The van der Waals surface area contributed by atoms with Gasteiger partial charge in [-0.2, -0.15) is 0 Å². The van der Waals surface area contributed by atoms with Gasteiger partial charge in [-0.1, -0.05) is 31.4 Å². The van der Waals surface area contributed by atoms with Gasteiger partial charge >= 0.3 is 5.97 Å². The number of hydrogen-bond donors (Lipinski definition) is 1. The lowest BCUT2D eigenvalue weighted by Crippen LogP contribution is -2.39. The highest BCUT2D eigenvalue weighted by atomic mass is 16.5. The summed E-state index contributed by atoms with van der Waals surface area (Å²) in [5, 5.41) is 9.01. The molecule has 1 saturated carbocycles. The quantitative estimate of drug-likeness (QED) is 0.716. The second kappa shape index (κ2) is 12.5. The zero-order chi connectivity index (χ0) is 21.9. The number of likely N-dealkylation sites (tertiary alicyclic amines) is 1. The van der Waals surface area contributed by atoms with E-state index in [1.807, 2.05) is 30.7 Å². The van der Waals surface area contributed by atoms with Gasteiger partial charge < -0.3 is 19.5 Å². The van der Waals surface area contributed by atoms with Crippen LogP contribution in [0.25, 0.3) is 0 Å². The molecule has 0 unspecified atom stereocenters. The Balaban J connectivity index is 0.00000155. The summed E-state index contributed by atoms with van der Waals surface area (Å²) in [7, 11) is 0. The van der Waals surface area contributed by atoms with E-state index in [-0.39, 0.29) is 12.0 Å². The van der Waals surface area contributed by atoms with E-state index >= 15 is 0 Å². The van der Waals surface area contributed by atoms with Gasteiger partial charge in [-0.15, -0.1) is 0 Å². The van der Waals surface area contributed by atoms with Crippen LogP contribution in [0.5, 0.6) is 0 Å². The van der Waals surface area contributed by atoms with Crippen molar-refractivity contribution in [2.75, 3.05) is 19.7 Å². The Labute approximate surface area is 179 Å². The molecule has 30 heavy (non-hydrogen) atoms. The molecule has 1 aliphatic heterocycles. The Kier molecular flexibility index (Phi) is 10.0. The first-order chi connectivity index (χ1) is 14.5. The largest absolute Gasteiger partial charge is 0.478 e. The van der Waals surface area contributed by atoms with Gasteiger partial charge in [0, 0.05) is 19.7 Å². The predicted molar refractivity (Wildman–Crippen MR) is 116 cm³/mol. The van der Waals surface area contributed by atoms with E-state index in [2.05, 4.69) is 0 Å². The number of hydrogen-bond acceptors (Lipinski definition) is 4. The van der Waals surface area contributed by atoms with Crippen molar-refractivity contribution in [3.05, 3.63) is 35.4 Å². The van der Waals surface area contributed by atoms with E-state index in [0.717, 1.165) is 32.5 Å². The number of piperidine rings is 1. The third kappa shape index (κ3) is 7.24. The maximum Gasteiger partial charge on any atom is 0.335 e. The second-order valence-electron chi connectivity index (χ2n) is 8.43. The monoisotopic (exact) mass is 417 g/mol. The lowest BCUT2D eigenvalue weighted by Gasteiger charge is -2.33. The molecule has 1 atom stereocenters. The molecule has 1 aliphatic carbocycles. The van der Waals surface area contributed by atoms with Crippen LogP contribution in [-0.4, -0.2) is 54.5 Å². The fourth-order valence-electron chi connectivity index (χ4n) is 4.45. The van der Waals surface area contributed by atoms with E-state index in [1.165, 1.54) is 37.7 Å². The molecule has 1 heterocycles. The van der Waals surface area contributed by atoms with Crippen molar-refractivity contribution in [2.45, 2.75) is 70.3 Å². The lowest BCUT2D eigenvalue weighted by atomic mass is 9.89. The number of nitrogens with zero attached hydrogens (tertiary/aromatic N) is 1. The number of aromatic carboxylic acids is 1. The molecule has 2 aliphatic rings. The average Bonchev–Trinajstić information content (AvgIpc) is 2.80. The van der Waals surface area contributed by atoms with E-state index in [0.29, 0.717) is 23.8 Å². The number of carbonyl (C=O) groups is 3. The number of carbonyl (C=O) groups excluding carboxylic acids is 2. The molecule has 2 fully saturated rings. The van der Waals surface area contributed by atoms with Crippen LogP contribution in [0.4, 0.5) is 0 Å². The Bertz CT molecular complexity index is 661. The van der Waals surface area contributed by atoms with Crippen LogP contribution in [-0.2, 0) is 14.3 Å². The minimum Gasteiger partial charge on any atom is -0.478 e. The fraction of sp³-hybridized carbons (Fsp3) is 0.625. The second-order valence-corrected chi connectivity index (χ2v) is 8.43. The maximum absolute atomic E-state index is 12.6. The molecule has 0 aromatic heterocycles. The molecule has 6 heteroatoms. The highest BCUT2D eigenvalue weighted by Gasteiger charge is 2.25. The van der Waals surface area contributed by atoms with Crippen LogP contribution in [0, 0.1) is 5.92 Å². The third-order valence-corrected chi connectivity index (χ3v) is 6.28. The van der Waals surface area contributed by atoms with Gasteiger partial charge in [0.15, 0.2) is 0 Å². The smallest absolute Gasteiger partial charge is 0.335 e. The molecule has 0 spiro atoms. The van der Waals surface area contributed by atoms with Crippen molar-refractivity contribution in [3.8, 4) is 0 Å². The van der Waals surface area contributed by atoms with E-state index in [9.17, 15) is 9.59 Å². The van der Waals surface area contributed by atoms with Crippen molar-refractivity contribution >= 4 is 18.7 Å². The zero-order valence-electron chi connectivity index (χ0n) is 18.1. The lowest BCUT2D eigenvalue weighted by molar-refractivity contribution is -0.135. The highest BCUT2D eigenvalue weighted by molar-refractivity contribution is 5.87. The molecule has 1 aromatic rings. The van der Waals surface area contributed by atoms with E-state index < -0.39 is 5.97 Å². The minimum absolute atomic E-state index is 0.0179. The van der Waals surface area contributed by atoms with Crippen LogP contribution in [0.2, 0.25) is 0 Å². The predicted octanol–water partition coefficient (Wildman–Crippen LogP) is 4.28. The normalized spacial score (nSPS) is 18.9. The van der Waals surface area contributed by atoms with Crippen molar-refractivity contribution < 1.29 is 24.2 Å². The summed E-state index contributed by atoms with van der Waals surface area (Å²) < 4.78 is 5.97. The van der Waals surface area contributed by atoms with Gasteiger partial charge in [-0.05, 0) is 62.1 Å². The van der Waals surface area contributed by atoms with Gasteiger partial charge in [0.2, 0.25) is 5.91 Å². The molecule has 1 saturated heterocycles. The van der Waals surface area contributed by atoms with E-state index in [4.69, 9.17) is 14.6 Å². The van der Waals surface area contributed by atoms with Crippen molar-refractivity contribution in [3.63, 3.8) is 0 Å². The summed E-state index contributed by atoms with van der Waals surface area (Å²) in [5.41, 5.74) is 1.49. The number of carboxylic acid groups (broad SMARTS) is 1. The summed E-state index contributed by atoms with van der Waals surface area (Å²) in [6.07, 6.45) is 8.81.